The zero-order chi connectivity index (χ0) is 13.0. The van der Waals surface area contributed by atoms with Gasteiger partial charge in [0.1, 0.15) is 0 Å². The van der Waals surface area contributed by atoms with Crippen LogP contribution in [0.2, 0.25) is 0 Å². The minimum Gasteiger partial charge on any atom is -0.312 e. The maximum Gasteiger partial charge on any atom is 0.405 e. The van der Waals surface area contributed by atoms with Crippen molar-refractivity contribution < 1.29 is 26.3 Å². The lowest BCUT2D eigenvalue weighted by Gasteiger charge is -2.19. The molecule has 0 amide bonds. The van der Waals surface area contributed by atoms with E-state index in [1.807, 2.05) is 5.32 Å². The van der Waals surface area contributed by atoms with Crippen molar-refractivity contribution in [1.29, 1.82) is 5.26 Å². The van der Waals surface area contributed by atoms with Gasteiger partial charge >= 0.3 is 12.4 Å². The lowest BCUT2D eigenvalue weighted by molar-refractivity contribution is -0.159. The highest BCUT2D eigenvalue weighted by Gasteiger charge is 2.40. The van der Waals surface area contributed by atoms with Crippen LogP contribution in [-0.4, -0.2) is 24.9 Å². The molecule has 0 bridgehead atoms. The number of nitriles is 1. The van der Waals surface area contributed by atoms with E-state index in [2.05, 4.69) is 0 Å². The molecule has 0 aliphatic heterocycles. The molecule has 2 nitrogen and oxygen atoms in total. The normalized spacial score (nSPS) is 16.6. The first-order chi connectivity index (χ1) is 7.06. The molecule has 0 aliphatic rings. The van der Waals surface area contributed by atoms with Crippen molar-refractivity contribution in [2.24, 2.45) is 5.92 Å². The van der Waals surface area contributed by atoms with Gasteiger partial charge in [0.2, 0.25) is 0 Å². The van der Waals surface area contributed by atoms with Crippen LogP contribution >= 0.6 is 0 Å². The Morgan fingerprint density at radius 3 is 2.00 bits per heavy atom. The van der Waals surface area contributed by atoms with Crippen molar-refractivity contribution in [3.05, 3.63) is 0 Å². The molecule has 0 aromatic carbocycles. The minimum atomic E-state index is -4.72. The van der Waals surface area contributed by atoms with Crippen LogP contribution in [0, 0.1) is 17.2 Å². The fourth-order valence-corrected chi connectivity index (χ4v) is 0.973. The summed E-state index contributed by atoms with van der Waals surface area (Å²) in [6.45, 7) is 0.273. The van der Waals surface area contributed by atoms with Gasteiger partial charge in [0.25, 0.3) is 0 Å². The Morgan fingerprint density at radius 1 is 1.19 bits per heavy atom. The second kappa shape index (κ2) is 5.39. The zero-order valence-corrected chi connectivity index (χ0v) is 8.28. The second-order valence-corrected chi connectivity index (χ2v) is 3.35. The van der Waals surface area contributed by atoms with Crippen molar-refractivity contribution in [3.8, 4) is 6.07 Å². The Bertz CT molecular complexity index is 251. The number of nitrogens with one attached hydrogen (secondary N) is 1. The summed E-state index contributed by atoms with van der Waals surface area (Å²) in [7, 11) is 0. The largest absolute Gasteiger partial charge is 0.405 e. The van der Waals surface area contributed by atoms with E-state index in [1.165, 1.54) is 0 Å². The molecule has 0 spiro atoms. The number of nitrogens with zero attached hydrogens (tertiary/aromatic N) is 1. The highest BCUT2D eigenvalue weighted by Crippen LogP contribution is 2.26. The highest BCUT2D eigenvalue weighted by molar-refractivity contribution is 4.90. The molecule has 0 heterocycles. The van der Waals surface area contributed by atoms with Gasteiger partial charge in [0.15, 0.2) is 5.92 Å². The van der Waals surface area contributed by atoms with Gasteiger partial charge in [-0.25, -0.2) is 0 Å². The number of hydrogen-bond acceptors (Lipinski definition) is 2. The average molecular weight is 248 g/mol. The van der Waals surface area contributed by atoms with Crippen molar-refractivity contribution in [2.45, 2.75) is 31.7 Å². The van der Waals surface area contributed by atoms with Crippen molar-refractivity contribution in [2.75, 3.05) is 6.54 Å². The van der Waals surface area contributed by atoms with Gasteiger partial charge in [-0.2, -0.15) is 31.6 Å². The molecule has 0 saturated heterocycles. The molecule has 94 valence electrons. The van der Waals surface area contributed by atoms with Crippen LogP contribution in [0.5, 0.6) is 0 Å². The molecule has 16 heavy (non-hydrogen) atoms. The maximum absolute atomic E-state index is 12.0. The third-order valence-corrected chi connectivity index (χ3v) is 1.76. The molecule has 0 aromatic heterocycles. The summed E-state index contributed by atoms with van der Waals surface area (Å²) in [6, 6.07) is -0.163. The smallest absolute Gasteiger partial charge is 0.312 e. The lowest BCUT2D eigenvalue weighted by Crippen LogP contribution is -2.38. The van der Waals surface area contributed by atoms with E-state index in [1.54, 1.807) is 0 Å². The van der Waals surface area contributed by atoms with Gasteiger partial charge in [-0.15, -0.1) is 0 Å². The standard InChI is InChI=1S/C8H10F6N2/c1-5(2-7(9,10)11)16-4-6(3-15)8(12,13)14/h5-6,16H,2,4H2,1H3. The molecule has 0 saturated carbocycles. The second-order valence-electron chi connectivity index (χ2n) is 3.35. The Balaban J connectivity index is 4.10. The van der Waals surface area contributed by atoms with E-state index in [9.17, 15) is 26.3 Å². The first kappa shape index (κ1) is 15.0. The van der Waals surface area contributed by atoms with Crippen molar-refractivity contribution in [1.82, 2.24) is 5.32 Å². The molecular formula is C8H10F6N2. The molecule has 0 rings (SSSR count). The summed E-state index contributed by atoms with van der Waals surface area (Å²) >= 11 is 0. The Hall–Kier alpha value is -0.970. The molecule has 1 N–H and O–H groups in total. The quantitative estimate of drug-likeness (QED) is 0.776. The van der Waals surface area contributed by atoms with E-state index >= 15 is 0 Å². The first-order valence-electron chi connectivity index (χ1n) is 4.32. The number of halogens is 6. The van der Waals surface area contributed by atoms with E-state index in [0.29, 0.717) is 0 Å². The predicted octanol–water partition coefficient (Wildman–Crippen LogP) is 2.62. The van der Waals surface area contributed by atoms with Crippen molar-refractivity contribution >= 4 is 0 Å². The fourth-order valence-electron chi connectivity index (χ4n) is 0.973. The van der Waals surface area contributed by atoms with Gasteiger partial charge in [0, 0.05) is 12.6 Å². The molecule has 0 aliphatic carbocycles. The van der Waals surface area contributed by atoms with Gasteiger partial charge in [0.05, 0.1) is 12.5 Å². The van der Waals surface area contributed by atoms with Crippen LogP contribution < -0.4 is 5.32 Å². The predicted molar refractivity (Wildman–Crippen MR) is 43.3 cm³/mol. The summed E-state index contributed by atoms with van der Waals surface area (Å²) in [5.74, 6) is -2.29. The molecule has 2 atom stereocenters. The average Bonchev–Trinajstić information content (AvgIpc) is 1.98. The van der Waals surface area contributed by atoms with Crippen LogP contribution in [0.1, 0.15) is 13.3 Å². The zero-order valence-electron chi connectivity index (χ0n) is 8.28. The monoisotopic (exact) mass is 248 g/mol. The topological polar surface area (TPSA) is 35.8 Å². The summed E-state index contributed by atoms with van der Waals surface area (Å²) < 4.78 is 71.5. The molecular weight excluding hydrogens is 238 g/mol. The highest BCUT2D eigenvalue weighted by atomic mass is 19.4. The van der Waals surface area contributed by atoms with Crippen LogP contribution in [0.3, 0.4) is 0 Å². The van der Waals surface area contributed by atoms with E-state index < -0.39 is 37.3 Å². The SMILES string of the molecule is CC(CC(F)(F)F)NCC(C#N)C(F)(F)F. The Kier molecular flexibility index (Phi) is 5.06. The summed E-state index contributed by atoms with van der Waals surface area (Å²) in [5.41, 5.74) is 0. The summed E-state index contributed by atoms with van der Waals surface area (Å²) in [4.78, 5) is 0. The third kappa shape index (κ3) is 6.50. The van der Waals surface area contributed by atoms with Crippen LogP contribution in [0.15, 0.2) is 0 Å². The van der Waals surface area contributed by atoms with E-state index in [0.717, 1.165) is 13.0 Å². The molecule has 2 unspecified atom stereocenters. The summed E-state index contributed by atoms with van der Waals surface area (Å²) in [5, 5.41) is 10.2. The number of hydrogen-bond donors (Lipinski definition) is 1. The van der Waals surface area contributed by atoms with E-state index in [4.69, 9.17) is 5.26 Å². The molecule has 0 aromatic rings. The van der Waals surface area contributed by atoms with Crippen molar-refractivity contribution in [3.63, 3.8) is 0 Å². The van der Waals surface area contributed by atoms with E-state index in [-0.39, 0.29) is 0 Å². The lowest BCUT2D eigenvalue weighted by atomic mass is 10.1. The molecule has 0 fully saturated rings. The Morgan fingerprint density at radius 2 is 1.69 bits per heavy atom. The maximum atomic E-state index is 12.0. The number of alkyl halides is 6. The minimum absolute atomic E-state index is 0.836. The molecule has 0 radical (unpaired) electrons. The van der Waals surface area contributed by atoms with Crippen LogP contribution in [-0.2, 0) is 0 Å². The summed E-state index contributed by atoms with van der Waals surface area (Å²) in [6.07, 6.45) is -10.4. The molecule has 8 heteroatoms. The first-order valence-corrected chi connectivity index (χ1v) is 4.32. The van der Waals surface area contributed by atoms with Gasteiger partial charge < -0.3 is 5.32 Å². The number of rotatable bonds is 4. The van der Waals surface area contributed by atoms with Gasteiger partial charge in [-0.05, 0) is 6.92 Å². The van der Waals surface area contributed by atoms with Gasteiger partial charge in [-0.3, -0.25) is 0 Å². The Labute approximate surface area is 88.2 Å². The van der Waals surface area contributed by atoms with Gasteiger partial charge in [-0.1, -0.05) is 0 Å². The van der Waals surface area contributed by atoms with Crippen LogP contribution in [0.4, 0.5) is 26.3 Å². The third-order valence-electron chi connectivity index (χ3n) is 1.76. The fraction of sp³-hybridized carbons (Fsp3) is 0.875. The van der Waals surface area contributed by atoms with Crippen LogP contribution in [0.25, 0.3) is 0 Å².